The van der Waals surface area contributed by atoms with Crippen molar-refractivity contribution in [3.8, 4) is 11.4 Å². The van der Waals surface area contributed by atoms with Crippen LogP contribution in [0.3, 0.4) is 0 Å². The Kier molecular flexibility index (Phi) is 3.27. The molecule has 0 bridgehead atoms. The molecule has 0 radical (unpaired) electrons. The molecule has 0 saturated carbocycles. The number of halogens is 2. The Morgan fingerprint density at radius 2 is 2.13 bits per heavy atom. The van der Waals surface area contributed by atoms with E-state index in [9.17, 15) is 0 Å². The molecule has 0 aromatic carbocycles. The first-order valence-corrected chi connectivity index (χ1v) is 6.85. The number of aromatic amines is 1. The molecule has 0 aliphatic heterocycles. The van der Waals surface area contributed by atoms with E-state index < -0.39 is 0 Å². The highest BCUT2D eigenvalue weighted by molar-refractivity contribution is 9.12. The number of thiophene rings is 1. The van der Waals surface area contributed by atoms with Gasteiger partial charge in [0, 0.05) is 11.5 Å². The summed E-state index contributed by atoms with van der Waals surface area (Å²) in [5, 5.41) is 7.15. The summed E-state index contributed by atoms with van der Waals surface area (Å²) in [6.45, 7) is 4.17. The Morgan fingerprint density at radius 1 is 1.40 bits per heavy atom. The monoisotopic (exact) mass is 349 g/mol. The maximum Gasteiger partial charge on any atom is 0.183 e. The first kappa shape index (κ1) is 11.3. The molecule has 0 fully saturated rings. The molecule has 15 heavy (non-hydrogen) atoms. The zero-order valence-corrected chi connectivity index (χ0v) is 12.2. The number of H-pyrrole nitrogens is 1. The first-order valence-electron chi connectivity index (χ1n) is 4.45. The van der Waals surface area contributed by atoms with Crippen molar-refractivity contribution in [2.45, 2.75) is 19.8 Å². The molecule has 2 aromatic rings. The maximum atomic E-state index is 4.44. The van der Waals surface area contributed by atoms with Gasteiger partial charge in [-0.25, -0.2) is 4.98 Å². The van der Waals surface area contributed by atoms with E-state index in [-0.39, 0.29) is 0 Å². The van der Waals surface area contributed by atoms with Gasteiger partial charge in [-0.3, -0.25) is 5.10 Å². The van der Waals surface area contributed by atoms with Gasteiger partial charge in [0.05, 0.1) is 7.57 Å². The van der Waals surface area contributed by atoms with E-state index in [0.717, 1.165) is 24.8 Å². The third-order valence-corrected chi connectivity index (χ3v) is 4.29. The quantitative estimate of drug-likeness (QED) is 0.882. The average Bonchev–Trinajstić information content (AvgIpc) is 2.71. The summed E-state index contributed by atoms with van der Waals surface area (Å²) < 4.78 is 2.11. The lowest BCUT2D eigenvalue weighted by Gasteiger charge is -1.95. The topological polar surface area (TPSA) is 41.6 Å². The fraction of sp³-hybridized carbons (Fsp3) is 0.333. The van der Waals surface area contributed by atoms with Gasteiger partial charge < -0.3 is 0 Å². The highest BCUT2D eigenvalue weighted by Gasteiger charge is 2.13. The molecule has 0 saturated heterocycles. The Morgan fingerprint density at radius 3 is 2.60 bits per heavy atom. The summed E-state index contributed by atoms with van der Waals surface area (Å²) in [7, 11) is 0. The van der Waals surface area contributed by atoms with Crippen LogP contribution in [0.4, 0.5) is 0 Å². The molecule has 1 N–H and O–H groups in total. The molecule has 2 rings (SSSR count). The molecule has 2 aromatic heterocycles. The lowest BCUT2D eigenvalue weighted by molar-refractivity contribution is 0.781. The standard InChI is InChI=1S/C9H9Br2N3S/c1-4(2)8-12-9(14-13-8)5-3-6(10)15-7(5)11/h3-4H,1-2H3,(H,12,13,14). The van der Waals surface area contributed by atoms with Crippen molar-refractivity contribution in [1.82, 2.24) is 15.2 Å². The minimum atomic E-state index is 0.368. The van der Waals surface area contributed by atoms with E-state index >= 15 is 0 Å². The Labute approximate surface area is 109 Å². The van der Waals surface area contributed by atoms with E-state index in [1.54, 1.807) is 11.3 Å². The Balaban J connectivity index is 2.41. The molecule has 0 spiro atoms. The highest BCUT2D eigenvalue weighted by Crippen LogP contribution is 2.37. The van der Waals surface area contributed by atoms with Crippen molar-refractivity contribution in [3.63, 3.8) is 0 Å². The number of hydrogen-bond acceptors (Lipinski definition) is 3. The Bertz CT molecular complexity index is 475. The number of nitrogens with zero attached hydrogens (tertiary/aromatic N) is 2. The van der Waals surface area contributed by atoms with Gasteiger partial charge >= 0.3 is 0 Å². The fourth-order valence-electron chi connectivity index (χ4n) is 1.15. The summed E-state index contributed by atoms with van der Waals surface area (Å²) in [6.07, 6.45) is 0. The SMILES string of the molecule is CC(C)c1nc(-c2cc(Br)sc2Br)n[nH]1. The average molecular weight is 351 g/mol. The van der Waals surface area contributed by atoms with Crippen molar-refractivity contribution in [2.75, 3.05) is 0 Å². The second-order valence-corrected chi connectivity index (χ2v) is 7.19. The van der Waals surface area contributed by atoms with Crippen molar-refractivity contribution in [3.05, 3.63) is 19.5 Å². The summed E-state index contributed by atoms with van der Waals surface area (Å²) in [5.74, 6) is 2.03. The second-order valence-electron chi connectivity index (χ2n) is 3.44. The molecule has 0 unspecified atom stereocenters. The van der Waals surface area contributed by atoms with Crippen molar-refractivity contribution < 1.29 is 0 Å². The molecule has 3 nitrogen and oxygen atoms in total. The van der Waals surface area contributed by atoms with Crippen LogP contribution in [-0.4, -0.2) is 15.2 Å². The molecule has 2 heterocycles. The van der Waals surface area contributed by atoms with Crippen LogP contribution in [0, 0.1) is 0 Å². The van der Waals surface area contributed by atoms with E-state index in [2.05, 4.69) is 60.9 Å². The third kappa shape index (κ3) is 2.32. The van der Waals surface area contributed by atoms with Crippen LogP contribution in [0.15, 0.2) is 13.6 Å². The van der Waals surface area contributed by atoms with E-state index in [4.69, 9.17) is 0 Å². The van der Waals surface area contributed by atoms with Gasteiger partial charge in [-0.1, -0.05) is 13.8 Å². The molecular weight excluding hydrogens is 342 g/mol. The van der Waals surface area contributed by atoms with Gasteiger partial charge in [-0.2, -0.15) is 5.10 Å². The summed E-state index contributed by atoms with van der Waals surface area (Å²) in [4.78, 5) is 4.44. The minimum absolute atomic E-state index is 0.368. The Hall–Kier alpha value is -0.200. The summed E-state index contributed by atoms with van der Waals surface area (Å²) in [6, 6.07) is 2.02. The summed E-state index contributed by atoms with van der Waals surface area (Å²) in [5.41, 5.74) is 1.02. The number of aromatic nitrogens is 3. The lowest BCUT2D eigenvalue weighted by atomic mass is 10.2. The fourth-order valence-corrected chi connectivity index (χ4v) is 3.93. The second kappa shape index (κ2) is 4.35. The molecule has 0 aliphatic carbocycles. The predicted molar refractivity (Wildman–Crippen MR) is 69.2 cm³/mol. The molecule has 0 amide bonds. The zero-order valence-electron chi connectivity index (χ0n) is 8.21. The van der Waals surface area contributed by atoms with Crippen molar-refractivity contribution >= 4 is 43.2 Å². The smallest absolute Gasteiger partial charge is 0.183 e. The van der Waals surface area contributed by atoms with E-state index in [1.807, 2.05) is 6.07 Å². The van der Waals surface area contributed by atoms with Crippen LogP contribution in [-0.2, 0) is 0 Å². The maximum absolute atomic E-state index is 4.44. The molecule has 0 aliphatic rings. The van der Waals surface area contributed by atoms with Crippen LogP contribution < -0.4 is 0 Å². The van der Waals surface area contributed by atoms with Crippen LogP contribution in [0.2, 0.25) is 0 Å². The van der Waals surface area contributed by atoms with Crippen molar-refractivity contribution in [1.29, 1.82) is 0 Å². The van der Waals surface area contributed by atoms with E-state index in [1.165, 1.54) is 0 Å². The van der Waals surface area contributed by atoms with Gasteiger partial charge in [0.2, 0.25) is 0 Å². The van der Waals surface area contributed by atoms with Gasteiger partial charge in [0.15, 0.2) is 5.82 Å². The zero-order chi connectivity index (χ0) is 11.0. The highest BCUT2D eigenvalue weighted by atomic mass is 79.9. The first-order chi connectivity index (χ1) is 7.08. The van der Waals surface area contributed by atoms with Gasteiger partial charge in [0.25, 0.3) is 0 Å². The third-order valence-electron chi connectivity index (χ3n) is 1.95. The van der Waals surface area contributed by atoms with Gasteiger partial charge in [-0.15, -0.1) is 11.3 Å². The minimum Gasteiger partial charge on any atom is -0.262 e. The molecular formula is C9H9Br2N3S. The largest absolute Gasteiger partial charge is 0.262 e. The van der Waals surface area contributed by atoms with E-state index in [0.29, 0.717) is 5.92 Å². The summed E-state index contributed by atoms with van der Waals surface area (Å²) >= 11 is 8.55. The molecule has 80 valence electrons. The van der Waals surface area contributed by atoms with Crippen LogP contribution in [0.25, 0.3) is 11.4 Å². The van der Waals surface area contributed by atoms with Crippen LogP contribution >= 0.6 is 43.2 Å². The predicted octanol–water partition coefficient (Wildman–Crippen LogP) is 4.18. The number of rotatable bonds is 2. The van der Waals surface area contributed by atoms with Gasteiger partial charge in [0.1, 0.15) is 5.82 Å². The lowest BCUT2D eigenvalue weighted by Crippen LogP contribution is -1.89. The number of hydrogen-bond donors (Lipinski definition) is 1. The molecule has 6 heteroatoms. The molecule has 0 atom stereocenters. The normalized spacial score (nSPS) is 11.3. The van der Waals surface area contributed by atoms with Crippen molar-refractivity contribution in [2.24, 2.45) is 0 Å². The van der Waals surface area contributed by atoms with Gasteiger partial charge in [-0.05, 0) is 37.9 Å². The van der Waals surface area contributed by atoms with Crippen LogP contribution in [0.5, 0.6) is 0 Å². The van der Waals surface area contributed by atoms with Crippen LogP contribution in [0.1, 0.15) is 25.6 Å². The number of nitrogens with one attached hydrogen (secondary N) is 1.